The van der Waals surface area contributed by atoms with Gasteiger partial charge in [-0.05, 0) is 19.3 Å². The van der Waals surface area contributed by atoms with Crippen LogP contribution in [0.25, 0.3) is 0 Å². The second-order valence-electron chi connectivity index (χ2n) is 5.20. The fourth-order valence-electron chi connectivity index (χ4n) is 2.58. The average Bonchev–Trinajstić information content (AvgIpc) is 2.64. The molecular formula is C14H22N2O2. The van der Waals surface area contributed by atoms with Gasteiger partial charge in [0.15, 0.2) is 5.82 Å². The number of carbonyl (C=O) groups is 1. The van der Waals surface area contributed by atoms with Gasteiger partial charge in [-0.25, -0.2) is 0 Å². The van der Waals surface area contributed by atoms with Crippen molar-refractivity contribution in [2.24, 2.45) is 0 Å². The number of nitrogens with zero attached hydrogens (tertiary/aromatic N) is 2. The van der Waals surface area contributed by atoms with Crippen molar-refractivity contribution in [2.75, 3.05) is 0 Å². The molecule has 0 unspecified atom stereocenters. The van der Waals surface area contributed by atoms with Crippen molar-refractivity contribution in [3.63, 3.8) is 0 Å². The van der Waals surface area contributed by atoms with Gasteiger partial charge in [0.2, 0.25) is 5.89 Å². The van der Waals surface area contributed by atoms with Crippen LogP contribution in [0, 0.1) is 0 Å². The Morgan fingerprint density at radius 3 is 2.67 bits per heavy atom. The second kappa shape index (κ2) is 6.66. The first-order valence-electron chi connectivity index (χ1n) is 7.13. The fourth-order valence-corrected chi connectivity index (χ4v) is 2.58. The summed E-state index contributed by atoms with van der Waals surface area (Å²) >= 11 is 0. The first-order valence-corrected chi connectivity index (χ1v) is 7.13. The van der Waals surface area contributed by atoms with Crippen LogP contribution in [0.15, 0.2) is 4.52 Å². The van der Waals surface area contributed by atoms with E-state index < -0.39 is 0 Å². The molecule has 1 saturated carbocycles. The lowest BCUT2D eigenvalue weighted by molar-refractivity contribution is -0.118. The van der Waals surface area contributed by atoms with Crippen LogP contribution >= 0.6 is 0 Å². The summed E-state index contributed by atoms with van der Waals surface area (Å²) < 4.78 is 5.19. The van der Waals surface area contributed by atoms with Crippen molar-refractivity contribution < 1.29 is 9.32 Å². The van der Waals surface area contributed by atoms with E-state index >= 15 is 0 Å². The molecular weight excluding hydrogens is 228 g/mol. The zero-order valence-electron chi connectivity index (χ0n) is 11.2. The second-order valence-corrected chi connectivity index (χ2v) is 5.20. The Labute approximate surface area is 108 Å². The minimum absolute atomic E-state index is 0.188. The molecule has 0 amide bonds. The molecule has 0 aliphatic heterocycles. The van der Waals surface area contributed by atoms with Crippen LogP contribution in [0.4, 0.5) is 0 Å². The summed E-state index contributed by atoms with van der Waals surface area (Å²) in [7, 11) is 0. The molecule has 4 nitrogen and oxygen atoms in total. The van der Waals surface area contributed by atoms with Crippen LogP contribution < -0.4 is 0 Å². The first kappa shape index (κ1) is 13.2. The number of ketones is 1. The van der Waals surface area contributed by atoms with Crippen molar-refractivity contribution in [3.8, 4) is 0 Å². The lowest BCUT2D eigenvalue weighted by atomic mass is 10.00. The molecule has 1 heterocycles. The maximum absolute atomic E-state index is 11.5. The predicted molar refractivity (Wildman–Crippen MR) is 68.4 cm³/mol. The highest BCUT2D eigenvalue weighted by molar-refractivity contribution is 5.79. The molecule has 0 bridgehead atoms. The van der Waals surface area contributed by atoms with Gasteiger partial charge in [-0.1, -0.05) is 37.8 Å². The lowest BCUT2D eigenvalue weighted by Gasteiger charge is -2.07. The van der Waals surface area contributed by atoms with Gasteiger partial charge >= 0.3 is 0 Å². The summed E-state index contributed by atoms with van der Waals surface area (Å²) in [5, 5.41) is 4.06. The molecule has 1 aliphatic carbocycles. The molecule has 100 valence electrons. The molecule has 0 aromatic carbocycles. The molecule has 4 heteroatoms. The molecule has 1 fully saturated rings. The zero-order chi connectivity index (χ0) is 12.8. The average molecular weight is 250 g/mol. The monoisotopic (exact) mass is 250 g/mol. The maximum atomic E-state index is 11.5. The van der Waals surface area contributed by atoms with Crippen molar-refractivity contribution >= 4 is 5.78 Å². The van der Waals surface area contributed by atoms with Crippen molar-refractivity contribution in [1.82, 2.24) is 10.1 Å². The maximum Gasteiger partial charge on any atom is 0.234 e. The Morgan fingerprint density at radius 2 is 2.00 bits per heavy atom. The molecule has 1 aromatic heterocycles. The summed E-state index contributed by atoms with van der Waals surface area (Å²) in [6, 6.07) is 0. The molecule has 0 N–H and O–H groups in total. The Bertz CT molecular complexity index is 379. The minimum atomic E-state index is 0.188. The van der Waals surface area contributed by atoms with Crippen LogP contribution in [0.1, 0.15) is 75.9 Å². The predicted octanol–water partition coefficient (Wildman–Crippen LogP) is 3.42. The zero-order valence-corrected chi connectivity index (χ0v) is 11.2. The van der Waals surface area contributed by atoms with Crippen LogP contribution in [0.5, 0.6) is 0 Å². The fraction of sp³-hybridized carbons (Fsp3) is 0.786. The Morgan fingerprint density at radius 1 is 1.28 bits per heavy atom. The van der Waals surface area contributed by atoms with Gasteiger partial charge in [0.25, 0.3) is 0 Å². The van der Waals surface area contributed by atoms with Crippen molar-refractivity contribution in [3.05, 3.63) is 11.7 Å². The van der Waals surface area contributed by atoms with Crippen molar-refractivity contribution in [2.45, 2.75) is 70.6 Å². The van der Waals surface area contributed by atoms with Crippen LogP contribution in [-0.4, -0.2) is 15.9 Å². The molecule has 1 aliphatic rings. The van der Waals surface area contributed by atoms with E-state index in [9.17, 15) is 4.79 Å². The number of hydrogen-bond donors (Lipinski definition) is 0. The van der Waals surface area contributed by atoms with E-state index in [4.69, 9.17) is 4.52 Å². The van der Waals surface area contributed by atoms with Gasteiger partial charge in [-0.2, -0.15) is 4.98 Å². The molecule has 2 rings (SSSR count). The highest BCUT2D eigenvalue weighted by atomic mass is 16.5. The largest absolute Gasteiger partial charge is 0.339 e. The molecule has 0 saturated heterocycles. The highest BCUT2D eigenvalue weighted by Gasteiger charge is 2.20. The SMILES string of the molecule is CCCC(=O)Cc1nc(C2CCCCCC2)no1. The summed E-state index contributed by atoms with van der Waals surface area (Å²) in [6.07, 6.45) is 9.22. The number of hydrogen-bond acceptors (Lipinski definition) is 4. The summed E-state index contributed by atoms with van der Waals surface area (Å²) in [5.74, 6) is 1.93. The van der Waals surface area contributed by atoms with E-state index in [2.05, 4.69) is 10.1 Å². The molecule has 18 heavy (non-hydrogen) atoms. The first-order chi connectivity index (χ1) is 8.79. The molecule has 0 atom stereocenters. The highest BCUT2D eigenvalue weighted by Crippen LogP contribution is 2.29. The number of Topliss-reactive ketones (excluding diaryl/α,β-unsaturated/α-hetero) is 1. The van der Waals surface area contributed by atoms with E-state index in [0.29, 0.717) is 24.7 Å². The lowest BCUT2D eigenvalue weighted by Crippen LogP contribution is -2.03. The van der Waals surface area contributed by atoms with E-state index in [1.807, 2.05) is 6.92 Å². The summed E-state index contributed by atoms with van der Waals surface area (Å²) in [4.78, 5) is 15.9. The Hall–Kier alpha value is -1.19. The van der Waals surface area contributed by atoms with Gasteiger partial charge in [-0.15, -0.1) is 0 Å². The van der Waals surface area contributed by atoms with Gasteiger partial charge in [0, 0.05) is 12.3 Å². The number of carbonyl (C=O) groups excluding carboxylic acids is 1. The smallest absolute Gasteiger partial charge is 0.234 e. The standard InChI is InChI=1S/C14H22N2O2/c1-2-7-12(17)10-13-15-14(16-18-13)11-8-5-3-4-6-9-11/h11H,2-10H2,1H3. The summed E-state index contributed by atoms with van der Waals surface area (Å²) in [5.41, 5.74) is 0. The van der Waals surface area contributed by atoms with Gasteiger partial charge in [0.1, 0.15) is 5.78 Å². The van der Waals surface area contributed by atoms with Crippen LogP contribution in [0.3, 0.4) is 0 Å². The van der Waals surface area contributed by atoms with Gasteiger partial charge in [-0.3, -0.25) is 4.79 Å². The molecule has 0 spiro atoms. The normalized spacial score (nSPS) is 17.6. The molecule has 0 radical (unpaired) electrons. The van der Waals surface area contributed by atoms with Crippen LogP contribution in [0.2, 0.25) is 0 Å². The molecule has 1 aromatic rings. The summed E-state index contributed by atoms with van der Waals surface area (Å²) in [6.45, 7) is 2.00. The van der Waals surface area contributed by atoms with E-state index in [-0.39, 0.29) is 5.78 Å². The quantitative estimate of drug-likeness (QED) is 0.751. The Balaban J connectivity index is 1.94. The third-order valence-electron chi connectivity index (χ3n) is 3.58. The minimum Gasteiger partial charge on any atom is -0.339 e. The van der Waals surface area contributed by atoms with Gasteiger partial charge < -0.3 is 4.52 Å². The van der Waals surface area contributed by atoms with Crippen LogP contribution in [-0.2, 0) is 11.2 Å². The van der Waals surface area contributed by atoms with E-state index in [1.165, 1.54) is 25.7 Å². The van der Waals surface area contributed by atoms with E-state index in [0.717, 1.165) is 25.1 Å². The number of aromatic nitrogens is 2. The van der Waals surface area contributed by atoms with Gasteiger partial charge in [0.05, 0.1) is 6.42 Å². The number of rotatable bonds is 5. The third kappa shape index (κ3) is 3.65. The van der Waals surface area contributed by atoms with Crippen molar-refractivity contribution in [1.29, 1.82) is 0 Å². The topological polar surface area (TPSA) is 56.0 Å². The van der Waals surface area contributed by atoms with E-state index in [1.54, 1.807) is 0 Å². The third-order valence-corrected chi connectivity index (χ3v) is 3.58. The Kier molecular flexibility index (Phi) is 4.90.